The molecule has 0 atom stereocenters. The minimum atomic E-state index is -0.0831. The molecule has 1 N–H and O–H groups in total. The monoisotopic (exact) mass is 382 g/mol. The molecule has 2 aromatic rings. The van der Waals surface area contributed by atoms with Gasteiger partial charge in [-0.15, -0.1) is 10.2 Å². The zero-order chi connectivity index (χ0) is 19.3. The summed E-state index contributed by atoms with van der Waals surface area (Å²) in [5.74, 6) is 2.60. The lowest BCUT2D eigenvalue weighted by atomic mass is 10.3. The van der Waals surface area contributed by atoms with E-state index < -0.39 is 0 Å². The summed E-state index contributed by atoms with van der Waals surface area (Å²) in [6, 6.07) is 11.3. The first-order valence-corrected chi connectivity index (χ1v) is 9.76. The minimum Gasteiger partial charge on any atom is -0.497 e. The Morgan fingerprint density at radius 1 is 0.857 bits per heavy atom. The second-order valence-electron chi connectivity index (χ2n) is 7.08. The van der Waals surface area contributed by atoms with E-state index in [0.29, 0.717) is 13.1 Å². The van der Waals surface area contributed by atoms with Crippen molar-refractivity contribution in [2.24, 2.45) is 0 Å². The molecule has 2 aliphatic rings. The van der Waals surface area contributed by atoms with Crippen LogP contribution in [-0.2, 0) is 0 Å². The van der Waals surface area contributed by atoms with Gasteiger partial charge in [-0.1, -0.05) is 0 Å². The van der Waals surface area contributed by atoms with E-state index in [1.165, 1.54) is 12.8 Å². The van der Waals surface area contributed by atoms with Crippen molar-refractivity contribution in [2.45, 2.75) is 12.8 Å². The van der Waals surface area contributed by atoms with E-state index in [1.54, 1.807) is 7.11 Å². The number of urea groups is 1. The molecule has 2 aliphatic heterocycles. The topological polar surface area (TPSA) is 73.8 Å². The second kappa shape index (κ2) is 8.33. The van der Waals surface area contributed by atoms with Gasteiger partial charge in [0, 0.05) is 45.0 Å². The summed E-state index contributed by atoms with van der Waals surface area (Å²) in [4.78, 5) is 18.8. The first kappa shape index (κ1) is 18.3. The Bertz CT molecular complexity index is 781. The number of piperazine rings is 1. The highest BCUT2D eigenvalue weighted by Crippen LogP contribution is 2.20. The van der Waals surface area contributed by atoms with Gasteiger partial charge in [-0.3, -0.25) is 0 Å². The van der Waals surface area contributed by atoms with E-state index in [1.807, 2.05) is 35.2 Å². The van der Waals surface area contributed by atoms with E-state index >= 15 is 0 Å². The molecule has 0 bridgehead atoms. The number of amides is 2. The maximum Gasteiger partial charge on any atom is 0.321 e. The molecule has 4 rings (SSSR count). The van der Waals surface area contributed by atoms with Gasteiger partial charge in [0.05, 0.1) is 7.11 Å². The van der Waals surface area contributed by atoms with Crippen molar-refractivity contribution in [3.63, 3.8) is 0 Å². The molecule has 148 valence electrons. The van der Waals surface area contributed by atoms with Crippen LogP contribution in [0, 0.1) is 0 Å². The van der Waals surface area contributed by atoms with E-state index in [-0.39, 0.29) is 6.03 Å². The summed E-state index contributed by atoms with van der Waals surface area (Å²) >= 11 is 0. The molecular formula is C20H26N6O2. The molecule has 1 aromatic heterocycles. The smallest absolute Gasteiger partial charge is 0.321 e. The molecule has 2 fully saturated rings. The second-order valence-corrected chi connectivity index (χ2v) is 7.08. The average Bonchev–Trinajstić information content (AvgIpc) is 3.29. The van der Waals surface area contributed by atoms with E-state index in [2.05, 4.69) is 31.4 Å². The van der Waals surface area contributed by atoms with Crippen LogP contribution in [0.15, 0.2) is 36.4 Å². The number of aromatic nitrogens is 2. The van der Waals surface area contributed by atoms with Gasteiger partial charge in [0.1, 0.15) is 5.75 Å². The number of ether oxygens (including phenoxy) is 1. The Morgan fingerprint density at radius 3 is 1.96 bits per heavy atom. The third-order valence-electron chi connectivity index (χ3n) is 5.30. The van der Waals surface area contributed by atoms with Gasteiger partial charge < -0.3 is 24.8 Å². The molecule has 0 saturated carbocycles. The summed E-state index contributed by atoms with van der Waals surface area (Å²) < 4.78 is 5.14. The largest absolute Gasteiger partial charge is 0.497 e. The van der Waals surface area contributed by atoms with Crippen molar-refractivity contribution in [3.05, 3.63) is 36.4 Å². The van der Waals surface area contributed by atoms with E-state index in [0.717, 1.165) is 49.3 Å². The summed E-state index contributed by atoms with van der Waals surface area (Å²) in [7, 11) is 1.62. The number of carbonyl (C=O) groups is 1. The summed E-state index contributed by atoms with van der Waals surface area (Å²) in [6.07, 6.45) is 2.45. The highest BCUT2D eigenvalue weighted by molar-refractivity contribution is 5.89. The van der Waals surface area contributed by atoms with Crippen LogP contribution in [0.1, 0.15) is 12.8 Å². The standard InChI is InChI=1S/C20H26N6O2/c1-28-17-6-4-16(5-7-17)21-20(27)26-14-12-25(13-15-26)19-9-8-18(22-23-19)24-10-2-3-11-24/h4-9H,2-3,10-15H2,1H3,(H,21,27). The van der Waals surface area contributed by atoms with Crippen LogP contribution in [0.2, 0.25) is 0 Å². The van der Waals surface area contributed by atoms with Crippen molar-refractivity contribution in [1.29, 1.82) is 0 Å². The Balaban J connectivity index is 1.29. The molecule has 2 saturated heterocycles. The highest BCUT2D eigenvalue weighted by Gasteiger charge is 2.22. The van der Waals surface area contributed by atoms with Crippen molar-refractivity contribution in [2.75, 3.05) is 61.5 Å². The van der Waals surface area contributed by atoms with Gasteiger partial charge in [-0.05, 0) is 49.2 Å². The SMILES string of the molecule is COc1ccc(NC(=O)N2CCN(c3ccc(N4CCCC4)nn3)CC2)cc1. The highest BCUT2D eigenvalue weighted by atomic mass is 16.5. The molecule has 28 heavy (non-hydrogen) atoms. The van der Waals surface area contributed by atoms with Crippen molar-refractivity contribution in [3.8, 4) is 5.75 Å². The number of methoxy groups -OCH3 is 1. The van der Waals surface area contributed by atoms with Gasteiger partial charge in [-0.25, -0.2) is 4.79 Å². The molecule has 0 radical (unpaired) electrons. The molecule has 2 amide bonds. The summed E-state index contributed by atoms with van der Waals surface area (Å²) in [6.45, 7) is 4.92. The summed E-state index contributed by atoms with van der Waals surface area (Å²) in [5.41, 5.74) is 0.761. The van der Waals surface area contributed by atoms with E-state index in [4.69, 9.17) is 4.74 Å². The van der Waals surface area contributed by atoms with Crippen molar-refractivity contribution < 1.29 is 9.53 Å². The third kappa shape index (κ3) is 4.11. The zero-order valence-corrected chi connectivity index (χ0v) is 16.2. The molecular weight excluding hydrogens is 356 g/mol. The molecule has 8 nitrogen and oxygen atoms in total. The van der Waals surface area contributed by atoms with Crippen LogP contribution in [0.4, 0.5) is 22.1 Å². The Morgan fingerprint density at radius 2 is 1.43 bits per heavy atom. The van der Waals surface area contributed by atoms with Crippen molar-refractivity contribution >= 4 is 23.4 Å². The van der Waals surface area contributed by atoms with E-state index in [9.17, 15) is 4.79 Å². The minimum absolute atomic E-state index is 0.0831. The number of nitrogens with one attached hydrogen (secondary N) is 1. The van der Waals surface area contributed by atoms with Gasteiger partial charge in [0.2, 0.25) is 0 Å². The Hall–Kier alpha value is -3.03. The lowest BCUT2D eigenvalue weighted by Crippen LogP contribution is -2.50. The number of carbonyl (C=O) groups excluding carboxylic acids is 1. The van der Waals surface area contributed by atoms with Gasteiger partial charge in [-0.2, -0.15) is 0 Å². The van der Waals surface area contributed by atoms with Crippen molar-refractivity contribution in [1.82, 2.24) is 15.1 Å². The first-order chi connectivity index (χ1) is 13.7. The predicted octanol–water partition coefficient (Wildman–Crippen LogP) is 2.44. The van der Waals surface area contributed by atoms with Crippen LogP contribution in [0.5, 0.6) is 5.75 Å². The normalized spacial score (nSPS) is 17.0. The maximum absolute atomic E-state index is 12.5. The third-order valence-corrected chi connectivity index (χ3v) is 5.30. The predicted molar refractivity (Wildman–Crippen MR) is 109 cm³/mol. The fraction of sp³-hybridized carbons (Fsp3) is 0.450. The van der Waals surface area contributed by atoms with Gasteiger partial charge >= 0.3 is 6.03 Å². The van der Waals surface area contributed by atoms with Crippen LogP contribution < -0.4 is 19.9 Å². The number of benzene rings is 1. The van der Waals surface area contributed by atoms with Crippen LogP contribution >= 0.6 is 0 Å². The Labute approximate surface area is 165 Å². The molecule has 8 heteroatoms. The number of anilines is 3. The van der Waals surface area contributed by atoms with Crippen LogP contribution in [-0.4, -0.2) is 67.5 Å². The van der Waals surface area contributed by atoms with Crippen LogP contribution in [0.25, 0.3) is 0 Å². The Kier molecular flexibility index (Phi) is 5.45. The molecule has 0 spiro atoms. The van der Waals surface area contributed by atoms with Gasteiger partial charge in [0.15, 0.2) is 11.6 Å². The number of hydrogen-bond donors (Lipinski definition) is 1. The average molecular weight is 382 g/mol. The van der Waals surface area contributed by atoms with Gasteiger partial charge in [0.25, 0.3) is 0 Å². The molecule has 1 aromatic carbocycles. The molecule has 0 unspecified atom stereocenters. The number of nitrogens with zero attached hydrogens (tertiary/aromatic N) is 5. The quantitative estimate of drug-likeness (QED) is 0.876. The fourth-order valence-corrected chi connectivity index (χ4v) is 3.62. The molecule has 3 heterocycles. The zero-order valence-electron chi connectivity index (χ0n) is 16.2. The molecule has 0 aliphatic carbocycles. The van der Waals surface area contributed by atoms with Crippen LogP contribution in [0.3, 0.4) is 0 Å². The fourth-order valence-electron chi connectivity index (χ4n) is 3.62. The maximum atomic E-state index is 12.5. The first-order valence-electron chi connectivity index (χ1n) is 9.76. The lowest BCUT2D eigenvalue weighted by Gasteiger charge is -2.35. The lowest BCUT2D eigenvalue weighted by molar-refractivity contribution is 0.208. The number of hydrogen-bond acceptors (Lipinski definition) is 6. The summed E-state index contributed by atoms with van der Waals surface area (Å²) in [5, 5.41) is 11.7. The number of rotatable bonds is 4.